The van der Waals surface area contributed by atoms with Crippen molar-refractivity contribution in [2.75, 3.05) is 0 Å². The molecule has 0 aliphatic carbocycles. The van der Waals surface area contributed by atoms with Gasteiger partial charge in [0.1, 0.15) is 11.6 Å². The zero-order valence-electron chi connectivity index (χ0n) is 15.5. The molecule has 26 heavy (non-hydrogen) atoms. The molecule has 0 aliphatic heterocycles. The van der Waals surface area contributed by atoms with E-state index in [0.717, 1.165) is 30.9 Å². The largest absolute Gasteiger partial charge is 0.425 e. The van der Waals surface area contributed by atoms with Crippen LogP contribution >= 0.6 is 0 Å². The predicted molar refractivity (Wildman–Crippen MR) is 94.2 cm³/mol. The highest BCUT2D eigenvalue weighted by Crippen LogP contribution is 2.12. The molecule has 0 saturated heterocycles. The lowest BCUT2D eigenvalue weighted by atomic mass is 10.2. The van der Waals surface area contributed by atoms with Gasteiger partial charge in [0.15, 0.2) is 0 Å². The van der Waals surface area contributed by atoms with E-state index in [1.165, 1.54) is 0 Å². The van der Waals surface area contributed by atoms with Gasteiger partial charge in [0.25, 0.3) is 0 Å². The van der Waals surface area contributed by atoms with Crippen molar-refractivity contribution < 1.29 is 19.1 Å². The molecule has 2 N–H and O–H groups in total. The number of carbonyl (C=O) groups is 2. The first kappa shape index (κ1) is 19.7. The van der Waals surface area contributed by atoms with Crippen molar-refractivity contribution in [2.24, 2.45) is 0 Å². The van der Waals surface area contributed by atoms with Gasteiger partial charge in [-0.15, -0.1) is 0 Å². The molecule has 0 atom stereocenters. The second kappa shape index (κ2) is 9.74. The Hall–Kier alpha value is -2.64. The molecule has 2 aromatic rings. The normalized spacial score (nSPS) is 10.9. The molecule has 2 aromatic heterocycles. The van der Waals surface area contributed by atoms with E-state index < -0.39 is 18.2 Å². The van der Waals surface area contributed by atoms with E-state index in [0.29, 0.717) is 17.8 Å². The maximum atomic E-state index is 12.1. The van der Waals surface area contributed by atoms with Crippen LogP contribution in [-0.2, 0) is 31.9 Å². The lowest BCUT2D eigenvalue weighted by Gasteiger charge is -2.18. The number of nitrogens with zero attached hydrogens (tertiary/aromatic N) is 2. The fourth-order valence-electron chi connectivity index (χ4n) is 2.51. The third-order valence-corrected chi connectivity index (χ3v) is 3.75. The van der Waals surface area contributed by atoms with Gasteiger partial charge in [-0.05, 0) is 20.3 Å². The number of imidazole rings is 2. The summed E-state index contributed by atoms with van der Waals surface area (Å²) in [4.78, 5) is 38.3. The van der Waals surface area contributed by atoms with Crippen molar-refractivity contribution in [2.45, 2.75) is 65.6 Å². The summed E-state index contributed by atoms with van der Waals surface area (Å²) >= 11 is 0. The quantitative estimate of drug-likeness (QED) is 0.382. The first-order valence-electron chi connectivity index (χ1n) is 8.86. The first-order chi connectivity index (χ1) is 12.5. The minimum Gasteiger partial charge on any atom is -0.425 e. The van der Waals surface area contributed by atoms with E-state index in [1.54, 1.807) is 26.2 Å². The van der Waals surface area contributed by atoms with Crippen LogP contribution in [0.25, 0.3) is 0 Å². The Balaban J connectivity index is 1.88. The van der Waals surface area contributed by atoms with Gasteiger partial charge in [0, 0.05) is 30.2 Å². The summed E-state index contributed by atoms with van der Waals surface area (Å²) in [5, 5.41) is 0. The standard InChI is InChI=1S/C18H26N4O4/c1-4-5-6-7-18(25-16(23)8-14-10-19-12(2)21-14)26-17(24)9-15-11-20-13(3)22-15/h10-11,18H,4-9H2,1-3H3,(H,19,21)(H,20,22). The van der Waals surface area contributed by atoms with Crippen molar-refractivity contribution in [1.29, 1.82) is 0 Å². The van der Waals surface area contributed by atoms with Crippen LogP contribution in [0, 0.1) is 13.8 Å². The summed E-state index contributed by atoms with van der Waals surface area (Å²) in [6.45, 7) is 5.69. The van der Waals surface area contributed by atoms with Crippen molar-refractivity contribution >= 4 is 11.9 Å². The Morgan fingerprint density at radius 2 is 1.46 bits per heavy atom. The molecular formula is C18H26N4O4. The Morgan fingerprint density at radius 1 is 0.962 bits per heavy atom. The molecule has 8 nitrogen and oxygen atoms in total. The SMILES string of the molecule is CCCCCC(OC(=O)Cc1cnc(C)[nH]1)OC(=O)Cc1cnc(C)[nH]1. The molecule has 0 amide bonds. The minimum atomic E-state index is -0.880. The number of hydrogen-bond acceptors (Lipinski definition) is 6. The second-order valence-corrected chi connectivity index (χ2v) is 6.25. The van der Waals surface area contributed by atoms with Gasteiger partial charge < -0.3 is 19.4 Å². The number of nitrogens with one attached hydrogen (secondary N) is 2. The molecule has 0 fully saturated rings. The van der Waals surface area contributed by atoms with E-state index in [1.807, 2.05) is 0 Å². The van der Waals surface area contributed by atoms with Gasteiger partial charge in [0.05, 0.1) is 12.8 Å². The number of H-pyrrole nitrogens is 2. The fraction of sp³-hybridized carbons (Fsp3) is 0.556. The number of esters is 2. The van der Waals surface area contributed by atoms with Crippen LogP contribution in [0.3, 0.4) is 0 Å². The van der Waals surface area contributed by atoms with Crippen LogP contribution in [0.1, 0.15) is 55.6 Å². The fourth-order valence-corrected chi connectivity index (χ4v) is 2.51. The lowest BCUT2D eigenvalue weighted by Crippen LogP contribution is -2.26. The number of aromatic nitrogens is 4. The van der Waals surface area contributed by atoms with Gasteiger partial charge in [-0.25, -0.2) is 9.97 Å². The first-order valence-corrected chi connectivity index (χ1v) is 8.86. The highest BCUT2D eigenvalue weighted by Gasteiger charge is 2.20. The van der Waals surface area contributed by atoms with Gasteiger partial charge in [-0.1, -0.05) is 19.8 Å². The van der Waals surface area contributed by atoms with Crippen molar-refractivity contribution in [3.05, 3.63) is 35.4 Å². The smallest absolute Gasteiger partial charge is 0.314 e. The highest BCUT2D eigenvalue weighted by molar-refractivity contribution is 5.74. The third kappa shape index (κ3) is 6.70. The summed E-state index contributed by atoms with van der Waals surface area (Å²) in [5.41, 5.74) is 1.33. The molecule has 0 unspecified atom stereocenters. The van der Waals surface area contributed by atoms with Crippen LogP contribution in [-0.4, -0.2) is 38.2 Å². The number of rotatable bonds is 10. The Kier molecular flexibility index (Phi) is 7.37. The Morgan fingerprint density at radius 3 is 1.85 bits per heavy atom. The average Bonchev–Trinajstić information content (AvgIpc) is 3.15. The van der Waals surface area contributed by atoms with E-state index in [-0.39, 0.29) is 12.8 Å². The lowest BCUT2D eigenvalue weighted by molar-refractivity contribution is -0.188. The van der Waals surface area contributed by atoms with Gasteiger partial charge in [-0.3, -0.25) is 9.59 Å². The second-order valence-electron chi connectivity index (χ2n) is 6.25. The molecule has 0 radical (unpaired) electrons. The molecule has 0 bridgehead atoms. The van der Waals surface area contributed by atoms with E-state index >= 15 is 0 Å². The van der Waals surface area contributed by atoms with Gasteiger partial charge in [-0.2, -0.15) is 0 Å². The predicted octanol–water partition coefficient (Wildman–Crippen LogP) is 2.53. The molecule has 142 valence electrons. The summed E-state index contributed by atoms with van der Waals surface area (Å²) in [5.74, 6) is 0.544. The highest BCUT2D eigenvalue weighted by atomic mass is 16.7. The topological polar surface area (TPSA) is 110 Å². The molecule has 0 spiro atoms. The number of aryl methyl sites for hydroxylation is 2. The average molecular weight is 362 g/mol. The minimum absolute atomic E-state index is 0.0579. The number of ether oxygens (including phenoxy) is 2. The zero-order chi connectivity index (χ0) is 18.9. The molecule has 0 aliphatic rings. The van der Waals surface area contributed by atoms with Crippen molar-refractivity contribution in [3.8, 4) is 0 Å². The van der Waals surface area contributed by atoms with E-state index in [4.69, 9.17) is 9.47 Å². The molecule has 8 heteroatoms. The van der Waals surface area contributed by atoms with Crippen molar-refractivity contribution in [3.63, 3.8) is 0 Å². The number of carbonyl (C=O) groups excluding carboxylic acids is 2. The summed E-state index contributed by atoms with van der Waals surface area (Å²) in [6.07, 6.45) is 5.72. The third-order valence-electron chi connectivity index (χ3n) is 3.75. The van der Waals surface area contributed by atoms with Crippen LogP contribution < -0.4 is 0 Å². The molecule has 0 saturated carbocycles. The van der Waals surface area contributed by atoms with Gasteiger partial charge in [0.2, 0.25) is 6.29 Å². The Bertz CT molecular complexity index is 666. The Labute approximate surface area is 152 Å². The van der Waals surface area contributed by atoms with Crippen LogP contribution in [0.4, 0.5) is 0 Å². The summed E-state index contributed by atoms with van der Waals surface area (Å²) in [6, 6.07) is 0. The van der Waals surface area contributed by atoms with E-state index in [2.05, 4.69) is 26.9 Å². The number of unbranched alkanes of at least 4 members (excludes halogenated alkanes) is 2. The molecule has 2 rings (SSSR count). The number of aromatic amines is 2. The molecule has 2 heterocycles. The monoisotopic (exact) mass is 362 g/mol. The van der Waals surface area contributed by atoms with Gasteiger partial charge >= 0.3 is 11.9 Å². The maximum Gasteiger partial charge on any atom is 0.314 e. The van der Waals surface area contributed by atoms with Crippen molar-refractivity contribution in [1.82, 2.24) is 19.9 Å². The molecular weight excluding hydrogens is 336 g/mol. The molecule has 0 aromatic carbocycles. The van der Waals surface area contributed by atoms with E-state index in [9.17, 15) is 9.59 Å². The summed E-state index contributed by atoms with van der Waals surface area (Å²) < 4.78 is 10.7. The van der Waals surface area contributed by atoms with Crippen LogP contribution in [0.15, 0.2) is 12.4 Å². The summed E-state index contributed by atoms with van der Waals surface area (Å²) in [7, 11) is 0. The van der Waals surface area contributed by atoms with Crippen LogP contribution in [0.2, 0.25) is 0 Å². The number of hydrogen-bond donors (Lipinski definition) is 2. The van der Waals surface area contributed by atoms with Crippen LogP contribution in [0.5, 0.6) is 0 Å². The maximum absolute atomic E-state index is 12.1. The zero-order valence-corrected chi connectivity index (χ0v) is 15.5.